The first-order chi connectivity index (χ1) is 13.5. The van der Waals surface area contributed by atoms with Gasteiger partial charge >= 0.3 is 5.97 Å². The Morgan fingerprint density at radius 1 is 1.14 bits per heavy atom. The fraction of sp³-hybridized carbons (Fsp3) is 0.286. The van der Waals surface area contributed by atoms with Crippen molar-refractivity contribution in [3.05, 3.63) is 59.8 Å². The van der Waals surface area contributed by atoms with Crippen LogP contribution in [0.2, 0.25) is 0 Å². The number of benzene rings is 2. The van der Waals surface area contributed by atoms with E-state index in [0.29, 0.717) is 16.8 Å². The van der Waals surface area contributed by atoms with E-state index in [1.165, 1.54) is 0 Å². The smallest absolute Gasteiger partial charge is 0.308 e. The van der Waals surface area contributed by atoms with Crippen LogP contribution in [0.3, 0.4) is 0 Å². The Kier molecular flexibility index (Phi) is 5.93. The Hall–Kier alpha value is -3.35. The molecule has 2 N–H and O–H groups in total. The highest BCUT2D eigenvalue weighted by Crippen LogP contribution is 2.23. The molecule has 146 valence electrons. The molecular weight excluding hydrogens is 358 g/mol. The van der Waals surface area contributed by atoms with E-state index in [0.717, 1.165) is 10.9 Å². The van der Waals surface area contributed by atoms with E-state index >= 15 is 0 Å². The number of carbonyl (C=O) groups excluding carboxylic acids is 2. The molecule has 1 heterocycles. The highest BCUT2D eigenvalue weighted by atomic mass is 16.5. The highest BCUT2D eigenvalue weighted by molar-refractivity contribution is 6.05. The van der Waals surface area contributed by atoms with Gasteiger partial charge in [-0.3, -0.25) is 14.7 Å². The van der Waals surface area contributed by atoms with E-state index in [9.17, 15) is 9.59 Å². The van der Waals surface area contributed by atoms with Gasteiger partial charge in [0, 0.05) is 5.39 Å². The second-order valence-corrected chi connectivity index (χ2v) is 6.68. The minimum atomic E-state index is -0.539. The van der Waals surface area contributed by atoms with Gasteiger partial charge in [-0.1, -0.05) is 24.3 Å². The van der Waals surface area contributed by atoms with Crippen molar-refractivity contribution < 1.29 is 19.1 Å². The van der Waals surface area contributed by atoms with Crippen LogP contribution in [0.15, 0.2) is 48.7 Å². The number of nitrogens with one attached hydrogen (secondary N) is 2. The quantitative estimate of drug-likeness (QED) is 0.612. The predicted octanol–water partition coefficient (Wildman–Crippen LogP) is 3.38. The molecule has 3 rings (SSSR count). The summed E-state index contributed by atoms with van der Waals surface area (Å²) in [6.45, 7) is 3.58. The monoisotopic (exact) mass is 381 g/mol. The zero-order chi connectivity index (χ0) is 20.1. The molecule has 0 saturated carbocycles. The predicted molar refractivity (Wildman–Crippen MR) is 105 cm³/mol. The number of carbonyl (C=O) groups is 2. The van der Waals surface area contributed by atoms with Crippen molar-refractivity contribution in [2.75, 3.05) is 7.11 Å². The van der Waals surface area contributed by atoms with Gasteiger partial charge in [0.25, 0.3) is 5.91 Å². The molecule has 1 aromatic heterocycles. The zero-order valence-electron chi connectivity index (χ0n) is 16.1. The van der Waals surface area contributed by atoms with Gasteiger partial charge in [-0.2, -0.15) is 5.10 Å². The average molecular weight is 381 g/mol. The maximum Gasteiger partial charge on any atom is 0.308 e. The van der Waals surface area contributed by atoms with Crippen LogP contribution >= 0.6 is 0 Å². The summed E-state index contributed by atoms with van der Waals surface area (Å²) in [4.78, 5) is 25.2. The minimum absolute atomic E-state index is 0.0230. The molecule has 7 heteroatoms. The number of aromatic amines is 1. The number of esters is 1. The minimum Gasteiger partial charge on any atom is -0.497 e. The number of hydrogen-bond donors (Lipinski definition) is 2. The van der Waals surface area contributed by atoms with Crippen LogP contribution in [0.1, 0.15) is 42.2 Å². The van der Waals surface area contributed by atoms with E-state index in [1.807, 2.05) is 18.2 Å². The normalized spacial score (nSPS) is 12.0. The lowest BCUT2D eigenvalue weighted by molar-refractivity contribution is -0.147. The number of hydrogen-bond acceptors (Lipinski definition) is 5. The third-order valence-corrected chi connectivity index (χ3v) is 4.28. The van der Waals surface area contributed by atoms with Crippen molar-refractivity contribution >= 4 is 22.8 Å². The lowest BCUT2D eigenvalue weighted by atomic mass is 10.0. The number of amides is 1. The Balaban J connectivity index is 1.86. The number of ether oxygens (including phenoxy) is 2. The molecule has 0 aliphatic carbocycles. The summed E-state index contributed by atoms with van der Waals surface area (Å²) in [5.74, 6) is 0.0182. The molecule has 0 aliphatic heterocycles. The summed E-state index contributed by atoms with van der Waals surface area (Å²) < 4.78 is 10.4. The molecule has 28 heavy (non-hydrogen) atoms. The number of para-hydroxylation sites is 1. The van der Waals surface area contributed by atoms with E-state index in [4.69, 9.17) is 9.47 Å². The molecule has 1 unspecified atom stereocenters. The first-order valence-corrected chi connectivity index (χ1v) is 9.04. The Labute approximate surface area is 163 Å². The number of aromatic nitrogens is 2. The number of nitrogens with zero attached hydrogens (tertiary/aromatic N) is 1. The van der Waals surface area contributed by atoms with Crippen molar-refractivity contribution in [3.63, 3.8) is 0 Å². The van der Waals surface area contributed by atoms with E-state index < -0.39 is 6.04 Å². The van der Waals surface area contributed by atoms with Crippen molar-refractivity contribution in [2.24, 2.45) is 0 Å². The van der Waals surface area contributed by atoms with Gasteiger partial charge in [0.2, 0.25) is 0 Å². The molecule has 1 atom stereocenters. The zero-order valence-corrected chi connectivity index (χ0v) is 16.1. The summed E-state index contributed by atoms with van der Waals surface area (Å²) in [6.07, 6.45) is 1.46. The summed E-state index contributed by atoms with van der Waals surface area (Å²) in [6, 6.07) is 12.1. The van der Waals surface area contributed by atoms with Crippen molar-refractivity contribution in [1.29, 1.82) is 0 Å². The molecule has 0 bridgehead atoms. The van der Waals surface area contributed by atoms with Crippen molar-refractivity contribution in [3.8, 4) is 5.75 Å². The number of methoxy groups -OCH3 is 1. The van der Waals surface area contributed by atoms with E-state index in [1.54, 1.807) is 51.4 Å². The van der Waals surface area contributed by atoms with Crippen molar-refractivity contribution in [2.45, 2.75) is 32.4 Å². The molecule has 3 aromatic rings. The van der Waals surface area contributed by atoms with Gasteiger partial charge in [0.05, 0.1) is 43.0 Å². The number of rotatable bonds is 7. The molecule has 7 nitrogen and oxygen atoms in total. The van der Waals surface area contributed by atoms with Gasteiger partial charge in [0.15, 0.2) is 0 Å². The first kappa shape index (κ1) is 19.4. The third-order valence-electron chi connectivity index (χ3n) is 4.28. The van der Waals surface area contributed by atoms with Crippen LogP contribution in [0.5, 0.6) is 5.75 Å². The van der Waals surface area contributed by atoms with Crippen LogP contribution in [0, 0.1) is 0 Å². The van der Waals surface area contributed by atoms with Crippen LogP contribution in [-0.2, 0) is 9.53 Å². The maximum absolute atomic E-state index is 12.9. The third kappa shape index (κ3) is 4.49. The number of H-pyrrole nitrogens is 1. The van der Waals surface area contributed by atoms with E-state index in [-0.39, 0.29) is 24.4 Å². The Bertz CT molecular complexity index is 963. The standard InChI is InChI=1S/C21H23N3O4/c1-13(2)28-19(25)11-18(14-7-9-16(27-3)10-8-14)23-21(26)17-6-4-5-15-12-22-24-20(15)17/h4-10,12-13,18H,11H2,1-3H3,(H,22,24)(H,23,26). The Morgan fingerprint density at radius 3 is 2.57 bits per heavy atom. The van der Waals surface area contributed by atoms with E-state index in [2.05, 4.69) is 15.5 Å². The fourth-order valence-corrected chi connectivity index (χ4v) is 2.96. The largest absolute Gasteiger partial charge is 0.497 e. The summed E-state index contributed by atoms with van der Waals surface area (Å²) in [7, 11) is 1.58. The second-order valence-electron chi connectivity index (χ2n) is 6.68. The van der Waals surface area contributed by atoms with Crippen LogP contribution in [0.25, 0.3) is 10.9 Å². The fourth-order valence-electron chi connectivity index (χ4n) is 2.96. The molecule has 0 aliphatic rings. The highest BCUT2D eigenvalue weighted by Gasteiger charge is 2.22. The van der Waals surface area contributed by atoms with Gasteiger partial charge in [0.1, 0.15) is 5.75 Å². The topological polar surface area (TPSA) is 93.3 Å². The van der Waals surface area contributed by atoms with Gasteiger partial charge in [-0.15, -0.1) is 0 Å². The summed E-state index contributed by atoms with van der Waals surface area (Å²) >= 11 is 0. The molecule has 0 spiro atoms. The summed E-state index contributed by atoms with van der Waals surface area (Å²) in [5.41, 5.74) is 1.90. The van der Waals surface area contributed by atoms with Crippen molar-refractivity contribution in [1.82, 2.24) is 15.5 Å². The molecule has 0 saturated heterocycles. The van der Waals surface area contributed by atoms with Crippen LogP contribution in [0.4, 0.5) is 0 Å². The lowest BCUT2D eigenvalue weighted by Gasteiger charge is -2.20. The average Bonchev–Trinajstić information content (AvgIpc) is 3.15. The van der Waals surface area contributed by atoms with Crippen LogP contribution < -0.4 is 10.1 Å². The molecule has 0 fully saturated rings. The van der Waals surface area contributed by atoms with Gasteiger partial charge in [-0.25, -0.2) is 0 Å². The van der Waals surface area contributed by atoms with Gasteiger partial charge in [-0.05, 0) is 37.6 Å². The molecule has 2 aromatic carbocycles. The summed E-state index contributed by atoms with van der Waals surface area (Å²) in [5, 5.41) is 10.6. The molecule has 0 radical (unpaired) electrons. The van der Waals surface area contributed by atoms with Crippen LogP contribution in [-0.4, -0.2) is 35.3 Å². The number of fused-ring (bicyclic) bond motifs is 1. The molecule has 1 amide bonds. The lowest BCUT2D eigenvalue weighted by Crippen LogP contribution is -2.31. The van der Waals surface area contributed by atoms with Gasteiger partial charge < -0.3 is 14.8 Å². The SMILES string of the molecule is COc1ccc(C(CC(=O)OC(C)C)NC(=O)c2cccc3cn[nH]c23)cc1. The second kappa shape index (κ2) is 8.56. The first-order valence-electron chi connectivity index (χ1n) is 9.04. The maximum atomic E-state index is 12.9. The molecular formula is C21H23N3O4. The Morgan fingerprint density at radius 2 is 1.89 bits per heavy atom.